The molecule has 0 amide bonds. The molecule has 82 valence electrons. The number of pyridine rings is 1. The first-order valence-corrected chi connectivity index (χ1v) is 5.49. The Bertz CT molecular complexity index is 281. The largest absolute Gasteiger partial charge is 0.474 e. The van der Waals surface area contributed by atoms with Gasteiger partial charge in [-0.25, -0.2) is 4.98 Å². The van der Waals surface area contributed by atoms with E-state index in [0.29, 0.717) is 12.2 Å². The summed E-state index contributed by atoms with van der Waals surface area (Å²) in [6.45, 7) is 0. The van der Waals surface area contributed by atoms with Crippen molar-refractivity contribution in [1.29, 1.82) is 0 Å². The van der Waals surface area contributed by atoms with Crippen LogP contribution in [-0.2, 0) is 4.74 Å². The number of hydrogen-bond acceptors (Lipinski definition) is 3. The molecule has 1 aliphatic carbocycles. The average Bonchev–Trinajstić information content (AvgIpc) is 2.31. The number of methoxy groups -OCH3 is 1. The fraction of sp³-hybridized carbons (Fsp3) is 0.583. The Kier molecular flexibility index (Phi) is 3.56. The van der Waals surface area contributed by atoms with Gasteiger partial charge in [0.15, 0.2) is 0 Å². The van der Waals surface area contributed by atoms with Crippen molar-refractivity contribution in [2.24, 2.45) is 0 Å². The first-order valence-electron chi connectivity index (χ1n) is 5.49. The molecule has 0 aromatic carbocycles. The number of nitrogens with zero attached hydrogens (tertiary/aromatic N) is 1. The molecule has 0 N–H and O–H groups in total. The van der Waals surface area contributed by atoms with Gasteiger partial charge >= 0.3 is 0 Å². The molecule has 15 heavy (non-hydrogen) atoms. The van der Waals surface area contributed by atoms with Crippen LogP contribution in [0.15, 0.2) is 24.4 Å². The fourth-order valence-electron chi connectivity index (χ4n) is 1.97. The lowest BCUT2D eigenvalue weighted by atomic mass is 9.95. The average molecular weight is 207 g/mol. The van der Waals surface area contributed by atoms with E-state index in [1.807, 2.05) is 18.2 Å². The number of aromatic nitrogens is 1. The predicted octanol–water partition coefficient (Wildman–Crippen LogP) is 2.42. The summed E-state index contributed by atoms with van der Waals surface area (Å²) in [4.78, 5) is 4.16. The third-order valence-corrected chi connectivity index (χ3v) is 2.88. The minimum absolute atomic E-state index is 0.311. The van der Waals surface area contributed by atoms with Gasteiger partial charge in [0.1, 0.15) is 6.10 Å². The van der Waals surface area contributed by atoms with Gasteiger partial charge in [0.25, 0.3) is 0 Å². The van der Waals surface area contributed by atoms with Crippen molar-refractivity contribution in [3.8, 4) is 5.88 Å². The Morgan fingerprint density at radius 1 is 1.13 bits per heavy atom. The molecule has 3 nitrogen and oxygen atoms in total. The second kappa shape index (κ2) is 5.12. The number of hydrogen-bond donors (Lipinski definition) is 0. The van der Waals surface area contributed by atoms with Crippen LogP contribution in [0.1, 0.15) is 25.7 Å². The van der Waals surface area contributed by atoms with Crippen LogP contribution in [0.4, 0.5) is 0 Å². The van der Waals surface area contributed by atoms with E-state index in [1.54, 1.807) is 13.3 Å². The van der Waals surface area contributed by atoms with Crippen LogP contribution in [0.5, 0.6) is 5.88 Å². The van der Waals surface area contributed by atoms with Gasteiger partial charge in [0.2, 0.25) is 5.88 Å². The Hall–Kier alpha value is -1.09. The van der Waals surface area contributed by atoms with Crippen LogP contribution in [0.25, 0.3) is 0 Å². The van der Waals surface area contributed by atoms with Crippen LogP contribution in [0, 0.1) is 0 Å². The quantitative estimate of drug-likeness (QED) is 0.762. The van der Waals surface area contributed by atoms with Crippen molar-refractivity contribution >= 4 is 0 Å². The smallest absolute Gasteiger partial charge is 0.213 e. The first-order chi connectivity index (χ1) is 7.38. The summed E-state index contributed by atoms with van der Waals surface area (Å²) in [5.41, 5.74) is 0. The Labute approximate surface area is 90.4 Å². The highest BCUT2D eigenvalue weighted by Crippen LogP contribution is 2.23. The zero-order valence-corrected chi connectivity index (χ0v) is 9.06. The molecule has 1 aromatic heterocycles. The van der Waals surface area contributed by atoms with Crippen LogP contribution in [0.3, 0.4) is 0 Å². The molecule has 0 spiro atoms. The molecule has 1 heterocycles. The Balaban J connectivity index is 1.82. The van der Waals surface area contributed by atoms with Gasteiger partial charge in [-0.2, -0.15) is 0 Å². The monoisotopic (exact) mass is 207 g/mol. The second-order valence-electron chi connectivity index (χ2n) is 3.92. The first kappa shape index (κ1) is 10.4. The van der Waals surface area contributed by atoms with Gasteiger partial charge in [-0.05, 0) is 31.7 Å². The topological polar surface area (TPSA) is 31.4 Å². The summed E-state index contributed by atoms with van der Waals surface area (Å²) < 4.78 is 11.1. The zero-order chi connectivity index (χ0) is 10.5. The van der Waals surface area contributed by atoms with E-state index in [0.717, 1.165) is 31.6 Å². The van der Waals surface area contributed by atoms with Gasteiger partial charge in [-0.3, -0.25) is 0 Å². The minimum atomic E-state index is 0.311. The van der Waals surface area contributed by atoms with Crippen molar-refractivity contribution in [1.82, 2.24) is 4.98 Å². The van der Waals surface area contributed by atoms with Gasteiger partial charge in [-0.1, -0.05) is 6.07 Å². The summed E-state index contributed by atoms with van der Waals surface area (Å²) in [7, 11) is 1.78. The van der Waals surface area contributed by atoms with Crippen LogP contribution in [-0.4, -0.2) is 24.3 Å². The highest BCUT2D eigenvalue weighted by Gasteiger charge is 2.22. The van der Waals surface area contributed by atoms with E-state index in [-0.39, 0.29) is 0 Å². The molecule has 2 rings (SSSR count). The van der Waals surface area contributed by atoms with E-state index in [1.165, 1.54) is 0 Å². The molecule has 0 unspecified atom stereocenters. The lowest BCUT2D eigenvalue weighted by Crippen LogP contribution is -2.27. The van der Waals surface area contributed by atoms with E-state index in [2.05, 4.69) is 4.98 Å². The third kappa shape index (κ3) is 2.93. The van der Waals surface area contributed by atoms with E-state index >= 15 is 0 Å². The molecule has 1 aliphatic rings. The summed E-state index contributed by atoms with van der Waals surface area (Å²) in [5.74, 6) is 0.735. The van der Waals surface area contributed by atoms with Crippen molar-refractivity contribution < 1.29 is 9.47 Å². The summed E-state index contributed by atoms with van der Waals surface area (Å²) in [6.07, 6.45) is 6.81. The molecular formula is C12H17NO2. The zero-order valence-electron chi connectivity index (χ0n) is 9.06. The molecular weight excluding hydrogens is 190 g/mol. The van der Waals surface area contributed by atoms with Gasteiger partial charge < -0.3 is 9.47 Å². The summed E-state index contributed by atoms with van der Waals surface area (Å²) in [6, 6.07) is 5.75. The van der Waals surface area contributed by atoms with Gasteiger partial charge in [0.05, 0.1) is 6.10 Å². The van der Waals surface area contributed by atoms with Crippen LogP contribution in [0.2, 0.25) is 0 Å². The van der Waals surface area contributed by atoms with E-state index in [9.17, 15) is 0 Å². The van der Waals surface area contributed by atoms with Gasteiger partial charge in [-0.15, -0.1) is 0 Å². The highest BCUT2D eigenvalue weighted by atomic mass is 16.5. The molecule has 1 saturated carbocycles. The van der Waals surface area contributed by atoms with E-state index in [4.69, 9.17) is 9.47 Å². The van der Waals surface area contributed by atoms with Crippen molar-refractivity contribution in [3.05, 3.63) is 24.4 Å². The number of rotatable bonds is 3. The maximum Gasteiger partial charge on any atom is 0.213 e. The third-order valence-electron chi connectivity index (χ3n) is 2.88. The maximum absolute atomic E-state index is 5.78. The highest BCUT2D eigenvalue weighted by molar-refractivity contribution is 5.09. The molecule has 1 fully saturated rings. The lowest BCUT2D eigenvalue weighted by molar-refractivity contribution is 0.0314. The normalized spacial score (nSPS) is 26.2. The molecule has 0 saturated heterocycles. The summed E-state index contributed by atoms with van der Waals surface area (Å²) in [5, 5.41) is 0. The van der Waals surface area contributed by atoms with E-state index < -0.39 is 0 Å². The van der Waals surface area contributed by atoms with Crippen molar-refractivity contribution in [2.45, 2.75) is 37.9 Å². The summed E-state index contributed by atoms with van der Waals surface area (Å²) >= 11 is 0. The lowest BCUT2D eigenvalue weighted by Gasteiger charge is -2.27. The van der Waals surface area contributed by atoms with Gasteiger partial charge in [0, 0.05) is 19.4 Å². The number of ether oxygens (including phenoxy) is 2. The standard InChI is InChI=1S/C12H17NO2/c1-14-10-5-7-11(8-6-10)15-12-4-2-3-9-13-12/h2-4,9-11H,5-8H2,1H3. The molecule has 0 aliphatic heterocycles. The second-order valence-corrected chi connectivity index (χ2v) is 3.92. The molecule has 1 aromatic rings. The Morgan fingerprint density at radius 3 is 2.47 bits per heavy atom. The molecule has 0 atom stereocenters. The van der Waals surface area contributed by atoms with Crippen LogP contribution < -0.4 is 4.74 Å². The minimum Gasteiger partial charge on any atom is -0.474 e. The predicted molar refractivity (Wildman–Crippen MR) is 57.9 cm³/mol. The SMILES string of the molecule is COC1CCC(Oc2ccccn2)CC1. The van der Waals surface area contributed by atoms with Crippen molar-refractivity contribution in [2.75, 3.05) is 7.11 Å². The molecule has 0 radical (unpaired) electrons. The van der Waals surface area contributed by atoms with Crippen molar-refractivity contribution in [3.63, 3.8) is 0 Å². The van der Waals surface area contributed by atoms with Crippen LogP contribution >= 0.6 is 0 Å². The maximum atomic E-state index is 5.78. The Morgan fingerprint density at radius 2 is 1.87 bits per heavy atom. The fourth-order valence-corrected chi connectivity index (χ4v) is 1.97. The molecule has 0 bridgehead atoms. The molecule has 3 heteroatoms.